The molecule has 3 heterocycles. The van der Waals surface area contributed by atoms with Crippen LogP contribution in [0.25, 0.3) is 0 Å². The first-order valence-corrected chi connectivity index (χ1v) is 8.02. The summed E-state index contributed by atoms with van der Waals surface area (Å²) in [5.41, 5.74) is 0.573. The Bertz CT molecular complexity index is 673. The Labute approximate surface area is 134 Å². The third-order valence-electron chi connectivity index (χ3n) is 5.25. The predicted octanol–water partition coefficient (Wildman–Crippen LogP) is 1.19. The van der Waals surface area contributed by atoms with E-state index in [0.717, 1.165) is 31.7 Å². The van der Waals surface area contributed by atoms with Crippen LogP contribution in [0.1, 0.15) is 23.3 Å². The highest BCUT2D eigenvalue weighted by Crippen LogP contribution is 2.41. The molecule has 2 aromatic heterocycles. The SMILES string of the molecule is CN(c1cccnn1)[C@@H]1CC[C@@H]2CN(C(=O)c3cnc[nH]3)C[C@@H]21. The summed E-state index contributed by atoms with van der Waals surface area (Å²) in [6.45, 7) is 1.64. The maximum atomic E-state index is 12.5. The van der Waals surface area contributed by atoms with E-state index in [1.54, 1.807) is 18.7 Å². The molecule has 2 aromatic rings. The molecular formula is C16H20N6O. The topological polar surface area (TPSA) is 78.0 Å². The number of carbonyl (C=O) groups excluding carboxylic acids is 1. The Morgan fingerprint density at radius 3 is 3.04 bits per heavy atom. The van der Waals surface area contributed by atoms with E-state index in [4.69, 9.17) is 0 Å². The number of imidazole rings is 1. The summed E-state index contributed by atoms with van der Waals surface area (Å²) in [5.74, 6) is 2.02. The minimum absolute atomic E-state index is 0.0535. The second-order valence-corrected chi connectivity index (χ2v) is 6.44. The van der Waals surface area contributed by atoms with Gasteiger partial charge in [-0.2, -0.15) is 5.10 Å². The molecule has 1 saturated carbocycles. The van der Waals surface area contributed by atoms with Crippen LogP contribution in [0.15, 0.2) is 30.9 Å². The number of nitrogens with one attached hydrogen (secondary N) is 1. The van der Waals surface area contributed by atoms with Gasteiger partial charge < -0.3 is 14.8 Å². The Morgan fingerprint density at radius 2 is 2.30 bits per heavy atom. The summed E-state index contributed by atoms with van der Waals surface area (Å²) in [4.78, 5) is 23.5. The molecule has 0 bridgehead atoms. The fourth-order valence-corrected chi connectivity index (χ4v) is 4.08. The molecule has 7 nitrogen and oxygen atoms in total. The minimum Gasteiger partial charge on any atom is -0.355 e. The van der Waals surface area contributed by atoms with Gasteiger partial charge in [0.1, 0.15) is 5.69 Å². The van der Waals surface area contributed by atoms with E-state index in [-0.39, 0.29) is 5.91 Å². The van der Waals surface area contributed by atoms with E-state index in [9.17, 15) is 4.79 Å². The van der Waals surface area contributed by atoms with Crippen molar-refractivity contribution < 1.29 is 4.79 Å². The van der Waals surface area contributed by atoms with Crippen LogP contribution in [0.4, 0.5) is 5.82 Å². The normalized spacial score (nSPS) is 26.3. The van der Waals surface area contributed by atoms with Gasteiger partial charge in [-0.05, 0) is 30.9 Å². The molecule has 4 rings (SSSR count). The molecule has 0 unspecified atom stereocenters. The number of carbonyl (C=O) groups is 1. The molecule has 1 saturated heterocycles. The number of fused-ring (bicyclic) bond motifs is 1. The predicted molar refractivity (Wildman–Crippen MR) is 84.9 cm³/mol. The van der Waals surface area contributed by atoms with Gasteiger partial charge in [-0.3, -0.25) is 4.79 Å². The number of nitrogens with zero attached hydrogens (tertiary/aromatic N) is 5. The van der Waals surface area contributed by atoms with E-state index < -0.39 is 0 Å². The highest BCUT2D eigenvalue weighted by Gasteiger charge is 2.45. The zero-order chi connectivity index (χ0) is 15.8. The highest BCUT2D eigenvalue weighted by atomic mass is 16.2. The van der Waals surface area contributed by atoms with Crippen molar-refractivity contribution in [3.63, 3.8) is 0 Å². The second-order valence-electron chi connectivity index (χ2n) is 6.44. The minimum atomic E-state index is 0.0535. The van der Waals surface area contributed by atoms with Crippen LogP contribution in [0, 0.1) is 11.8 Å². The van der Waals surface area contributed by atoms with E-state index in [2.05, 4.69) is 32.1 Å². The molecule has 2 aliphatic rings. The lowest BCUT2D eigenvalue weighted by atomic mass is 9.97. The number of H-pyrrole nitrogens is 1. The van der Waals surface area contributed by atoms with Crippen molar-refractivity contribution in [2.75, 3.05) is 25.0 Å². The molecule has 1 N–H and O–H groups in total. The van der Waals surface area contributed by atoms with Crippen LogP contribution >= 0.6 is 0 Å². The Morgan fingerprint density at radius 1 is 1.39 bits per heavy atom. The van der Waals surface area contributed by atoms with Gasteiger partial charge in [0, 0.05) is 38.3 Å². The average molecular weight is 312 g/mol. The first-order valence-electron chi connectivity index (χ1n) is 8.02. The third-order valence-corrected chi connectivity index (χ3v) is 5.25. The van der Waals surface area contributed by atoms with Gasteiger partial charge in [-0.15, -0.1) is 5.10 Å². The lowest BCUT2D eigenvalue weighted by Crippen LogP contribution is -2.39. The standard InChI is InChI=1S/C16H20N6O/c1-21(15-3-2-6-19-20-15)14-5-4-11-8-22(9-12(11)14)16(23)13-7-17-10-18-13/h2-3,6-7,10-12,14H,4-5,8-9H2,1H3,(H,17,18)/t11-,12+,14-/m1/s1. The fraction of sp³-hybridized carbons (Fsp3) is 0.500. The van der Waals surface area contributed by atoms with Gasteiger partial charge in [0.15, 0.2) is 5.82 Å². The number of anilines is 1. The molecule has 7 heteroatoms. The molecule has 3 atom stereocenters. The van der Waals surface area contributed by atoms with Crippen LogP contribution in [0.3, 0.4) is 0 Å². The first-order chi connectivity index (χ1) is 11.2. The number of hydrogen-bond acceptors (Lipinski definition) is 5. The lowest BCUT2D eigenvalue weighted by Gasteiger charge is -2.30. The number of hydrogen-bond donors (Lipinski definition) is 1. The van der Waals surface area contributed by atoms with Crippen molar-refractivity contribution in [2.24, 2.45) is 11.8 Å². The fourth-order valence-electron chi connectivity index (χ4n) is 4.08. The van der Waals surface area contributed by atoms with Crippen LogP contribution in [-0.2, 0) is 0 Å². The summed E-state index contributed by atoms with van der Waals surface area (Å²) in [6.07, 6.45) is 7.14. The summed E-state index contributed by atoms with van der Waals surface area (Å²) in [5, 5.41) is 8.19. The molecule has 1 aliphatic heterocycles. The highest BCUT2D eigenvalue weighted by molar-refractivity contribution is 5.92. The summed E-state index contributed by atoms with van der Waals surface area (Å²) >= 11 is 0. The van der Waals surface area contributed by atoms with E-state index >= 15 is 0 Å². The molecule has 23 heavy (non-hydrogen) atoms. The van der Waals surface area contributed by atoms with Crippen molar-refractivity contribution in [3.8, 4) is 0 Å². The molecular weight excluding hydrogens is 292 g/mol. The quantitative estimate of drug-likeness (QED) is 0.921. The maximum absolute atomic E-state index is 12.5. The lowest BCUT2D eigenvalue weighted by molar-refractivity contribution is 0.0774. The van der Waals surface area contributed by atoms with Crippen LogP contribution in [-0.4, -0.2) is 57.2 Å². The molecule has 1 aliphatic carbocycles. The van der Waals surface area contributed by atoms with Gasteiger partial charge in [0.25, 0.3) is 5.91 Å². The number of rotatable bonds is 3. The van der Waals surface area contributed by atoms with Crippen LogP contribution in [0.2, 0.25) is 0 Å². The average Bonchev–Trinajstić information content (AvgIpc) is 3.30. The van der Waals surface area contributed by atoms with E-state index in [1.807, 2.05) is 17.0 Å². The van der Waals surface area contributed by atoms with Crippen molar-refractivity contribution in [3.05, 3.63) is 36.5 Å². The van der Waals surface area contributed by atoms with Crippen molar-refractivity contribution in [1.82, 2.24) is 25.1 Å². The number of aromatic amines is 1. The van der Waals surface area contributed by atoms with Crippen molar-refractivity contribution >= 4 is 11.7 Å². The molecule has 2 fully saturated rings. The second kappa shape index (κ2) is 5.64. The van der Waals surface area contributed by atoms with Crippen LogP contribution < -0.4 is 4.90 Å². The molecule has 0 aromatic carbocycles. The number of amides is 1. The van der Waals surface area contributed by atoms with Crippen LogP contribution in [0.5, 0.6) is 0 Å². The number of likely N-dealkylation sites (tertiary alicyclic amines) is 1. The monoisotopic (exact) mass is 312 g/mol. The summed E-state index contributed by atoms with van der Waals surface area (Å²) in [7, 11) is 2.08. The zero-order valence-electron chi connectivity index (χ0n) is 13.1. The van der Waals surface area contributed by atoms with E-state index in [0.29, 0.717) is 23.6 Å². The Hall–Kier alpha value is -2.44. The Kier molecular flexibility index (Phi) is 3.48. The van der Waals surface area contributed by atoms with Gasteiger partial charge in [-0.25, -0.2) is 4.98 Å². The smallest absolute Gasteiger partial charge is 0.271 e. The van der Waals surface area contributed by atoms with Crippen molar-refractivity contribution in [1.29, 1.82) is 0 Å². The van der Waals surface area contributed by atoms with Gasteiger partial charge in [0.05, 0.1) is 12.5 Å². The molecule has 1 amide bonds. The van der Waals surface area contributed by atoms with Gasteiger partial charge in [0.2, 0.25) is 0 Å². The molecule has 0 radical (unpaired) electrons. The van der Waals surface area contributed by atoms with Gasteiger partial charge >= 0.3 is 0 Å². The zero-order valence-corrected chi connectivity index (χ0v) is 13.1. The molecule has 120 valence electrons. The largest absolute Gasteiger partial charge is 0.355 e. The van der Waals surface area contributed by atoms with Gasteiger partial charge in [-0.1, -0.05) is 0 Å². The van der Waals surface area contributed by atoms with E-state index in [1.165, 1.54) is 0 Å². The summed E-state index contributed by atoms with van der Waals surface area (Å²) in [6, 6.07) is 4.31. The Balaban J connectivity index is 1.48. The van der Waals surface area contributed by atoms with Crippen molar-refractivity contribution in [2.45, 2.75) is 18.9 Å². The maximum Gasteiger partial charge on any atom is 0.271 e. The summed E-state index contributed by atoms with van der Waals surface area (Å²) < 4.78 is 0. The molecule has 0 spiro atoms. The first kappa shape index (κ1) is 14.2. The third kappa shape index (κ3) is 2.46. The number of aromatic nitrogens is 4.